The summed E-state index contributed by atoms with van der Waals surface area (Å²) >= 11 is 0. The van der Waals surface area contributed by atoms with Crippen LogP contribution in [0.1, 0.15) is 53.8 Å². The predicted octanol–water partition coefficient (Wildman–Crippen LogP) is 2.42. The third-order valence-corrected chi connectivity index (χ3v) is 5.94. The molecule has 12 nitrogen and oxygen atoms in total. The minimum absolute atomic E-state index is 0.281. The van der Waals surface area contributed by atoms with Gasteiger partial charge in [-0.3, -0.25) is 9.59 Å². The van der Waals surface area contributed by atoms with Gasteiger partial charge in [0.15, 0.2) is 0 Å². The first-order valence-corrected chi connectivity index (χ1v) is 12.2. The summed E-state index contributed by atoms with van der Waals surface area (Å²) in [6, 6.07) is 6.42. The predicted molar refractivity (Wildman–Crippen MR) is 142 cm³/mol. The monoisotopic (exact) mass is 508 g/mol. The van der Waals surface area contributed by atoms with Crippen LogP contribution in [0.15, 0.2) is 24.3 Å². The Morgan fingerprint density at radius 1 is 0.757 bits per heavy atom. The summed E-state index contributed by atoms with van der Waals surface area (Å²) < 4.78 is 15.8. The number of imidazole rings is 2. The number of primary amides is 2. The zero-order valence-corrected chi connectivity index (χ0v) is 21.0. The van der Waals surface area contributed by atoms with E-state index >= 15 is 0 Å². The molecule has 8 N–H and O–H groups in total. The molecule has 2 aromatic carbocycles. The average Bonchev–Trinajstić information content (AvgIpc) is 3.34. The highest BCUT2D eigenvalue weighted by molar-refractivity contribution is 5.99. The molecule has 0 aliphatic rings. The smallest absolute Gasteiger partial charge is 0.248 e. The van der Waals surface area contributed by atoms with E-state index in [1.54, 1.807) is 24.3 Å². The molecule has 37 heavy (non-hydrogen) atoms. The third kappa shape index (κ3) is 5.08. The Morgan fingerprint density at radius 2 is 1.16 bits per heavy atom. The molecule has 4 rings (SSSR count). The van der Waals surface area contributed by atoms with Crippen LogP contribution in [-0.2, 0) is 13.1 Å². The van der Waals surface area contributed by atoms with Crippen molar-refractivity contribution in [2.45, 2.75) is 46.2 Å². The molecule has 2 heterocycles. The fourth-order valence-electron chi connectivity index (χ4n) is 4.32. The van der Waals surface area contributed by atoms with Gasteiger partial charge in [-0.15, -0.1) is 0 Å². The van der Waals surface area contributed by atoms with Gasteiger partial charge in [0.1, 0.15) is 22.5 Å². The number of anilines is 2. The Bertz CT molecular complexity index is 1360. The molecule has 0 fully saturated rings. The van der Waals surface area contributed by atoms with Crippen molar-refractivity contribution in [1.82, 2.24) is 19.1 Å². The van der Waals surface area contributed by atoms with Crippen LogP contribution >= 0.6 is 0 Å². The molecule has 0 aliphatic carbocycles. The Balaban J connectivity index is 1.53. The summed E-state index contributed by atoms with van der Waals surface area (Å²) in [5.41, 5.74) is 26.3. The average molecular weight is 509 g/mol. The number of hydrogen-bond acceptors (Lipinski definition) is 8. The zero-order chi connectivity index (χ0) is 26.7. The number of nitrogens with zero attached hydrogens (tertiary/aromatic N) is 4. The maximum Gasteiger partial charge on any atom is 0.248 e. The van der Waals surface area contributed by atoms with Crippen LogP contribution in [0.25, 0.3) is 22.1 Å². The van der Waals surface area contributed by atoms with Gasteiger partial charge in [-0.05, 0) is 37.1 Å². The van der Waals surface area contributed by atoms with Gasteiger partial charge < -0.3 is 41.5 Å². The highest BCUT2D eigenvalue weighted by Gasteiger charge is 2.18. The molecule has 12 heteroatoms. The summed E-state index contributed by atoms with van der Waals surface area (Å²) in [6.07, 6.45) is 2.19. The minimum atomic E-state index is -0.583. The highest BCUT2D eigenvalue weighted by atomic mass is 16.5. The van der Waals surface area contributed by atoms with Crippen LogP contribution in [0.5, 0.6) is 11.5 Å². The molecule has 0 bridgehead atoms. The van der Waals surface area contributed by atoms with Crippen molar-refractivity contribution in [2.24, 2.45) is 11.5 Å². The lowest BCUT2D eigenvalue weighted by molar-refractivity contribution is 0.0991. The number of hydrogen-bond donors (Lipinski definition) is 4. The fraction of sp³-hybridized carbons (Fsp3) is 0.360. The topological polar surface area (TPSA) is 192 Å². The van der Waals surface area contributed by atoms with Crippen molar-refractivity contribution >= 4 is 45.8 Å². The van der Waals surface area contributed by atoms with Crippen LogP contribution in [0.4, 0.5) is 11.9 Å². The highest BCUT2D eigenvalue weighted by Crippen LogP contribution is 2.32. The number of amides is 2. The lowest BCUT2D eigenvalue weighted by atomic mass is 10.1. The van der Waals surface area contributed by atoms with Gasteiger partial charge in [0, 0.05) is 30.6 Å². The second-order valence-corrected chi connectivity index (χ2v) is 8.71. The quantitative estimate of drug-likeness (QED) is 0.209. The van der Waals surface area contributed by atoms with Gasteiger partial charge >= 0.3 is 0 Å². The number of nitrogens with two attached hydrogens (primary N) is 4. The van der Waals surface area contributed by atoms with Crippen molar-refractivity contribution in [2.75, 3.05) is 24.7 Å². The first-order valence-electron chi connectivity index (χ1n) is 12.2. The normalized spacial score (nSPS) is 11.3. The van der Waals surface area contributed by atoms with Crippen molar-refractivity contribution in [3.8, 4) is 11.5 Å². The van der Waals surface area contributed by atoms with Crippen LogP contribution < -0.4 is 32.4 Å². The fourth-order valence-corrected chi connectivity index (χ4v) is 4.32. The number of fused-ring (bicyclic) bond motifs is 2. The van der Waals surface area contributed by atoms with Crippen molar-refractivity contribution in [3.05, 3.63) is 35.4 Å². The van der Waals surface area contributed by atoms with Crippen molar-refractivity contribution in [1.29, 1.82) is 0 Å². The summed E-state index contributed by atoms with van der Waals surface area (Å²) in [4.78, 5) is 32.4. The lowest BCUT2D eigenvalue weighted by Gasteiger charge is -2.14. The van der Waals surface area contributed by atoms with E-state index in [0.717, 1.165) is 12.8 Å². The SMILES string of the molecule is CCCn1c(N)nc2cc(C(N)=O)cc(OCCCOc3cc(C(N)=O)cc4nc(N)n(CCC)c34)c21. The Morgan fingerprint density at radius 3 is 1.51 bits per heavy atom. The van der Waals surface area contributed by atoms with E-state index < -0.39 is 11.8 Å². The maximum absolute atomic E-state index is 11.8. The van der Waals surface area contributed by atoms with Crippen LogP contribution in [0.3, 0.4) is 0 Å². The first-order chi connectivity index (χ1) is 17.7. The van der Waals surface area contributed by atoms with Gasteiger partial charge in [-0.25, -0.2) is 9.97 Å². The zero-order valence-electron chi connectivity index (χ0n) is 21.0. The molecule has 0 spiro atoms. The molecule has 2 amide bonds. The molecule has 4 aromatic rings. The molecule has 0 radical (unpaired) electrons. The summed E-state index contributed by atoms with van der Waals surface area (Å²) in [5, 5.41) is 0. The molecule has 2 aromatic heterocycles. The number of ether oxygens (including phenoxy) is 2. The number of benzene rings is 2. The molecular formula is C25H32N8O4. The molecule has 0 unspecified atom stereocenters. The summed E-state index contributed by atoms with van der Waals surface area (Å²) in [5.74, 6) is 0.452. The number of carbonyl (C=O) groups excluding carboxylic acids is 2. The van der Waals surface area contributed by atoms with Gasteiger partial charge in [0.05, 0.1) is 24.2 Å². The molecule has 0 aliphatic heterocycles. The number of nitrogen functional groups attached to an aromatic ring is 2. The first kappa shape index (κ1) is 25.6. The maximum atomic E-state index is 11.8. The Hall–Kier alpha value is -4.48. The van der Waals surface area contributed by atoms with Crippen molar-refractivity contribution in [3.63, 3.8) is 0 Å². The largest absolute Gasteiger partial charge is 0.491 e. The van der Waals surface area contributed by atoms with E-state index in [9.17, 15) is 9.59 Å². The second-order valence-electron chi connectivity index (χ2n) is 8.71. The van der Waals surface area contributed by atoms with Crippen LogP contribution in [-0.4, -0.2) is 44.1 Å². The van der Waals surface area contributed by atoms with Gasteiger partial charge in [-0.1, -0.05) is 13.8 Å². The number of aromatic nitrogens is 4. The molecular weight excluding hydrogens is 476 g/mol. The number of aryl methyl sites for hydroxylation is 2. The van der Waals surface area contributed by atoms with Gasteiger partial charge in [0.2, 0.25) is 23.7 Å². The molecule has 0 saturated carbocycles. The minimum Gasteiger partial charge on any atom is -0.491 e. The number of carbonyl (C=O) groups is 2. The molecule has 0 atom stereocenters. The van der Waals surface area contributed by atoms with E-state index in [1.807, 2.05) is 23.0 Å². The molecule has 0 saturated heterocycles. The summed E-state index contributed by atoms with van der Waals surface area (Å²) in [6.45, 7) is 5.93. The lowest BCUT2D eigenvalue weighted by Crippen LogP contribution is -2.13. The Kier molecular flexibility index (Phi) is 7.37. The van der Waals surface area contributed by atoms with E-state index in [1.165, 1.54) is 0 Å². The van der Waals surface area contributed by atoms with Crippen LogP contribution in [0, 0.1) is 0 Å². The van der Waals surface area contributed by atoms with E-state index in [-0.39, 0.29) is 24.3 Å². The third-order valence-electron chi connectivity index (χ3n) is 5.94. The molecule has 196 valence electrons. The second kappa shape index (κ2) is 10.6. The van der Waals surface area contributed by atoms with E-state index in [4.69, 9.17) is 32.4 Å². The van der Waals surface area contributed by atoms with Gasteiger partial charge in [0.25, 0.3) is 0 Å². The van der Waals surface area contributed by atoms with E-state index in [0.29, 0.717) is 65.0 Å². The standard InChI is InChI=1S/C25H32N8O4/c1-3-6-32-20-16(30-24(32)28)10-14(22(26)34)12-18(20)36-8-5-9-37-19-13-15(23(27)35)11-17-21(19)33(7-4-2)25(29)31-17/h10-13H,3-9H2,1-2H3,(H2,26,34)(H2,27,35)(H2,28,30)(H2,29,31). The van der Waals surface area contributed by atoms with Crippen LogP contribution in [0.2, 0.25) is 0 Å². The number of rotatable bonds is 12. The van der Waals surface area contributed by atoms with E-state index in [2.05, 4.69) is 9.97 Å². The summed E-state index contributed by atoms with van der Waals surface area (Å²) in [7, 11) is 0. The Labute approximate surface area is 213 Å². The van der Waals surface area contributed by atoms with Crippen molar-refractivity contribution < 1.29 is 19.1 Å². The van der Waals surface area contributed by atoms with Gasteiger partial charge in [-0.2, -0.15) is 0 Å².